The number of rotatable bonds is 0. The Morgan fingerprint density at radius 3 is 1.36 bits per heavy atom. The molecule has 0 spiro atoms. The Balaban J connectivity index is 0. The average molecular weight is 217 g/mol. The molecule has 0 unspecified atom stereocenters. The normalized spacial score (nSPS) is 33.8. The van der Waals surface area contributed by atoms with Crippen LogP contribution in [-0.2, 0) is 0 Å². The van der Waals surface area contributed by atoms with Gasteiger partial charge in [-0.15, -0.1) is 24.8 Å². The highest BCUT2D eigenvalue weighted by atomic mass is 35.5. The highest BCUT2D eigenvalue weighted by Gasteiger charge is 2.36. The van der Waals surface area contributed by atoms with E-state index >= 15 is 0 Å². The van der Waals surface area contributed by atoms with Crippen molar-refractivity contribution >= 4 is 32.9 Å². The first-order chi connectivity index (χ1) is 4.01. The monoisotopic (exact) mass is 216 g/mol. The quantitative estimate of drug-likeness (QED) is 0.599. The van der Waals surface area contributed by atoms with Crippen LogP contribution in [0.5, 0.6) is 0 Å². The van der Waals surface area contributed by atoms with E-state index in [2.05, 4.69) is 13.1 Å². The van der Waals surface area contributed by atoms with Gasteiger partial charge in [-0.25, -0.2) is 0 Å². The van der Waals surface area contributed by atoms with Gasteiger partial charge < -0.3 is 11.5 Å². The average Bonchev–Trinajstić information content (AvgIpc) is 1.79. The van der Waals surface area contributed by atoms with Gasteiger partial charge in [0.2, 0.25) is 0 Å². The van der Waals surface area contributed by atoms with Crippen molar-refractivity contribution in [3.8, 4) is 0 Å². The summed E-state index contributed by atoms with van der Waals surface area (Å²) in [6.45, 7) is 4.72. The fourth-order valence-electron chi connectivity index (χ4n) is 1.66. The van der Waals surface area contributed by atoms with E-state index < -0.39 is 8.07 Å². The van der Waals surface area contributed by atoms with Crippen molar-refractivity contribution in [2.75, 3.05) is 0 Å². The van der Waals surface area contributed by atoms with Gasteiger partial charge in [-0.2, -0.15) is 0 Å². The third-order valence-corrected chi connectivity index (χ3v) is 5.28. The predicted molar refractivity (Wildman–Crippen MR) is 57.5 cm³/mol. The first kappa shape index (κ1) is 14.3. The lowest BCUT2D eigenvalue weighted by molar-refractivity contribution is 0.633. The van der Waals surface area contributed by atoms with Crippen LogP contribution in [0.25, 0.3) is 0 Å². The van der Waals surface area contributed by atoms with Crippen LogP contribution < -0.4 is 11.5 Å². The van der Waals surface area contributed by atoms with Crippen molar-refractivity contribution < 1.29 is 0 Å². The van der Waals surface area contributed by atoms with Gasteiger partial charge in [-0.05, 0) is 12.1 Å². The summed E-state index contributed by atoms with van der Waals surface area (Å²) in [7, 11) is -0.916. The second-order valence-corrected chi connectivity index (χ2v) is 9.05. The van der Waals surface area contributed by atoms with E-state index in [9.17, 15) is 0 Å². The molecule has 0 aromatic rings. The van der Waals surface area contributed by atoms with Gasteiger partial charge in [0.05, 0.1) is 8.07 Å². The summed E-state index contributed by atoms with van der Waals surface area (Å²) in [6, 6.07) is 3.03. The Bertz CT molecular complexity index is 109. The van der Waals surface area contributed by atoms with Crippen LogP contribution in [0, 0.1) is 0 Å². The molecule has 0 amide bonds. The summed E-state index contributed by atoms with van der Waals surface area (Å²) < 4.78 is 0. The smallest absolute Gasteiger partial charge is 0.0505 e. The standard InChI is InChI=1S/C6H16N2Si.2ClH/c1-9(2)3-5(7)6(8)4-9;;/h5-6H,3-4,7-8H2,1-2H3;2*1H/t5-,6+;;. The molecule has 0 bridgehead atoms. The molecule has 1 saturated heterocycles. The van der Waals surface area contributed by atoms with E-state index in [1.807, 2.05) is 0 Å². The third kappa shape index (κ3) is 3.76. The maximum absolute atomic E-state index is 5.76. The summed E-state index contributed by atoms with van der Waals surface area (Å²) in [4.78, 5) is 0. The molecule has 0 radical (unpaired) electrons. The molecule has 0 aliphatic carbocycles. The van der Waals surface area contributed by atoms with Crippen molar-refractivity contribution in [3.63, 3.8) is 0 Å². The minimum atomic E-state index is -0.916. The highest BCUT2D eigenvalue weighted by molar-refractivity contribution is 6.78. The first-order valence-corrected chi connectivity index (χ1v) is 6.94. The molecular weight excluding hydrogens is 199 g/mol. The SMILES string of the molecule is C[Si]1(C)C[C@@H](N)[C@@H](N)C1.Cl.Cl. The molecule has 1 rings (SSSR count). The Labute approximate surface area is 81.9 Å². The topological polar surface area (TPSA) is 52.0 Å². The maximum Gasteiger partial charge on any atom is 0.0505 e. The molecule has 0 aromatic heterocycles. The van der Waals surface area contributed by atoms with Crippen molar-refractivity contribution in [1.29, 1.82) is 0 Å². The van der Waals surface area contributed by atoms with Gasteiger partial charge in [0.1, 0.15) is 0 Å². The lowest BCUT2D eigenvalue weighted by Crippen LogP contribution is -2.35. The largest absolute Gasteiger partial charge is 0.327 e. The van der Waals surface area contributed by atoms with Crippen LogP contribution in [0.3, 0.4) is 0 Å². The van der Waals surface area contributed by atoms with E-state index in [4.69, 9.17) is 11.5 Å². The van der Waals surface area contributed by atoms with Gasteiger partial charge in [0, 0.05) is 12.1 Å². The van der Waals surface area contributed by atoms with E-state index in [-0.39, 0.29) is 24.8 Å². The molecule has 0 aromatic carbocycles. The van der Waals surface area contributed by atoms with Crippen LogP contribution in [0.1, 0.15) is 0 Å². The Hall–Kier alpha value is 0.717. The fourth-order valence-corrected chi connectivity index (χ4v) is 4.99. The Kier molecular flexibility index (Phi) is 6.05. The summed E-state index contributed by atoms with van der Waals surface area (Å²) in [5.74, 6) is 0. The van der Waals surface area contributed by atoms with Crippen molar-refractivity contribution in [2.45, 2.75) is 37.3 Å². The molecule has 1 aliphatic rings. The second kappa shape index (κ2) is 4.67. The molecule has 0 saturated carbocycles. The van der Waals surface area contributed by atoms with Gasteiger partial charge >= 0.3 is 0 Å². The van der Waals surface area contributed by atoms with Crippen LogP contribution in [0.15, 0.2) is 0 Å². The number of hydrogen-bond acceptors (Lipinski definition) is 2. The predicted octanol–water partition coefficient (Wildman–Crippen LogP) is 1.21. The molecule has 2 nitrogen and oxygen atoms in total. The van der Waals surface area contributed by atoms with E-state index in [0.29, 0.717) is 12.1 Å². The zero-order chi connectivity index (χ0) is 7.07. The van der Waals surface area contributed by atoms with Gasteiger partial charge in [-0.1, -0.05) is 13.1 Å². The molecule has 1 fully saturated rings. The first-order valence-electron chi connectivity index (χ1n) is 3.52. The molecule has 4 N–H and O–H groups in total. The summed E-state index contributed by atoms with van der Waals surface area (Å²) in [5.41, 5.74) is 11.5. The van der Waals surface area contributed by atoms with Crippen LogP contribution in [0.2, 0.25) is 25.2 Å². The van der Waals surface area contributed by atoms with E-state index in [1.165, 1.54) is 12.1 Å². The molecule has 11 heavy (non-hydrogen) atoms. The second-order valence-electron chi connectivity index (χ2n) is 3.90. The Morgan fingerprint density at radius 1 is 1.00 bits per heavy atom. The third-order valence-electron chi connectivity index (χ3n) is 2.13. The van der Waals surface area contributed by atoms with Crippen molar-refractivity contribution in [3.05, 3.63) is 0 Å². The van der Waals surface area contributed by atoms with Crippen LogP contribution in [-0.4, -0.2) is 20.2 Å². The van der Waals surface area contributed by atoms with Crippen molar-refractivity contribution in [2.24, 2.45) is 11.5 Å². The summed E-state index contributed by atoms with van der Waals surface area (Å²) in [6.07, 6.45) is 0. The number of halogens is 2. The Morgan fingerprint density at radius 2 is 1.27 bits per heavy atom. The lowest BCUT2D eigenvalue weighted by atomic mass is 10.2. The minimum absolute atomic E-state index is 0. The molecule has 5 heteroatoms. The fraction of sp³-hybridized carbons (Fsp3) is 1.00. The maximum atomic E-state index is 5.76. The zero-order valence-electron chi connectivity index (χ0n) is 7.04. The molecule has 1 aliphatic heterocycles. The summed E-state index contributed by atoms with van der Waals surface area (Å²) >= 11 is 0. The number of nitrogens with two attached hydrogens (primary N) is 2. The van der Waals surface area contributed by atoms with Gasteiger partial charge in [0.15, 0.2) is 0 Å². The minimum Gasteiger partial charge on any atom is -0.327 e. The highest BCUT2D eigenvalue weighted by Crippen LogP contribution is 2.27. The van der Waals surface area contributed by atoms with Crippen LogP contribution in [0.4, 0.5) is 0 Å². The lowest BCUT2D eigenvalue weighted by Gasteiger charge is -2.11. The van der Waals surface area contributed by atoms with E-state index in [1.54, 1.807) is 0 Å². The molecule has 1 heterocycles. The van der Waals surface area contributed by atoms with Gasteiger partial charge in [-0.3, -0.25) is 0 Å². The molecular formula is C6H18Cl2N2Si. The van der Waals surface area contributed by atoms with E-state index in [0.717, 1.165) is 0 Å². The zero-order valence-corrected chi connectivity index (χ0v) is 9.67. The van der Waals surface area contributed by atoms with Gasteiger partial charge in [0.25, 0.3) is 0 Å². The van der Waals surface area contributed by atoms with Crippen LogP contribution >= 0.6 is 24.8 Å². The van der Waals surface area contributed by atoms with Crippen molar-refractivity contribution in [1.82, 2.24) is 0 Å². The molecule has 2 atom stereocenters. The number of hydrogen-bond donors (Lipinski definition) is 2. The molecule has 70 valence electrons. The summed E-state index contributed by atoms with van der Waals surface area (Å²) in [5, 5.41) is 0.